The topological polar surface area (TPSA) is 56.3 Å². The van der Waals surface area contributed by atoms with Gasteiger partial charge in [-0.25, -0.2) is 4.79 Å². The summed E-state index contributed by atoms with van der Waals surface area (Å²) >= 11 is 0. The van der Waals surface area contributed by atoms with Crippen molar-refractivity contribution in [3.05, 3.63) is 59.8 Å². The molecule has 1 saturated heterocycles. The predicted molar refractivity (Wildman–Crippen MR) is 95.3 cm³/mol. The number of nitrogens with one attached hydrogen (secondary N) is 1. The van der Waals surface area contributed by atoms with Gasteiger partial charge in [0.2, 0.25) is 0 Å². The van der Waals surface area contributed by atoms with Crippen molar-refractivity contribution in [2.45, 2.75) is 18.9 Å². The summed E-state index contributed by atoms with van der Waals surface area (Å²) in [5.41, 5.74) is 4.23. The number of hydrogen-bond donors (Lipinski definition) is 2. The van der Waals surface area contributed by atoms with Crippen LogP contribution in [0.4, 0.5) is 0 Å². The van der Waals surface area contributed by atoms with E-state index in [2.05, 4.69) is 23.0 Å². The number of benzene rings is 2. The van der Waals surface area contributed by atoms with Crippen molar-refractivity contribution in [1.29, 1.82) is 0 Å². The summed E-state index contributed by atoms with van der Waals surface area (Å²) in [4.78, 5) is 17.3. The van der Waals surface area contributed by atoms with E-state index in [1.165, 1.54) is 12.0 Å². The molecule has 1 fully saturated rings. The molecular weight excluding hydrogens is 300 g/mol. The average Bonchev–Trinajstić information content (AvgIpc) is 3.20. The Hall–Kier alpha value is -2.59. The van der Waals surface area contributed by atoms with Gasteiger partial charge in [-0.05, 0) is 55.3 Å². The number of rotatable bonds is 3. The fourth-order valence-electron chi connectivity index (χ4n) is 3.80. The number of fused-ring (bicyclic) bond motifs is 1. The molecule has 1 aromatic heterocycles. The highest BCUT2D eigenvalue weighted by Crippen LogP contribution is 2.37. The van der Waals surface area contributed by atoms with Crippen LogP contribution < -0.4 is 0 Å². The van der Waals surface area contributed by atoms with Crippen LogP contribution in [-0.2, 0) is 0 Å². The van der Waals surface area contributed by atoms with E-state index in [-0.39, 0.29) is 0 Å². The van der Waals surface area contributed by atoms with Gasteiger partial charge >= 0.3 is 5.97 Å². The van der Waals surface area contributed by atoms with Gasteiger partial charge < -0.3 is 10.1 Å². The first-order valence-corrected chi connectivity index (χ1v) is 8.29. The van der Waals surface area contributed by atoms with E-state index in [0.29, 0.717) is 11.6 Å². The zero-order valence-electron chi connectivity index (χ0n) is 13.6. The van der Waals surface area contributed by atoms with E-state index in [4.69, 9.17) is 0 Å². The molecule has 0 bridgehead atoms. The Balaban J connectivity index is 1.94. The number of likely N-dealkylation sites (tertiary alicyclic amines) is 1. The highest BCUT2D eigenvalue weighted by Gasteiger charge is 2.26. The zero-order valence-corrected chi connectivity index (χ0v) is 13.6. The summed E-state index contributed by atoms with van der Waals surface area (Å²) < 4.78 is 0. The molecule has 0 saturated carbocycles. The van der Waals surface area contributed by atoms with E-state index < -0.39 is 5.97 Å². The number of carboxylic acid groups (broad SMARTS) is 1. The lowest BCUT2D eigenvalue weighted by Crippen LogP contribution is -2.17. The summed E-state index contributed by atoms with van der Waals surface area (Å²) in [6.45, 7) is 1.08. The summed E-state index contributed by atoms with van der Waals surface area (Å²) in [5.74, 6) is -0.897. The minimum Gasteiger partial charge on any atom is -0.478 e. The lowest BCUT2D eigenvalue weighted by atomic mass is 9.96. The minimum atomic E-state index is -0.897. The number of carboxylic acids is 1. The molecule has 2 heterocycles. The molecule has 4 heteroatoms. The molecule has 4 nitrogen and oxygen atoms in total. The van der Waals surface area contributed by atoms with Crippen LogP contribution in [0, 0.1) is 0 Å². The van der Waals surface area contributed by atoms with Crippen molar-refractivity contribution in [2.24, 2.45) is 0 Å². The first-order chi connectivity index (χ1) is 11.6. The second kappa shape index (κ2) is 5.80. The molecule has 4 rings (SSSR count). The molecule has 1 atom stereocenters. The second-order valence-electron chi connectivity index (χ2n) is 6.50. The third kappa shape index (κ3) is 2.39. The molecule has 122 valence electrons. The van der Waals surface area contributed by atoms with Crippen LogP contribution in [0.5, 0.6) is 0 Å². The van der Waals surface area contributed by atoms with Crippen LogP contribution in [0.25, 0.3) is 22.0 Å². The molecule has 1 unspecified atom stereocenters. The van der Waals surface area contributed by atoms with Crippen molar-refractivity contribution in [3.8, 4) is 11.1 Å². The molecule has 3 aromatic rings. The van der Waals surface area contributed by atoms with E-state index in [1.54, 1.807) is 6.07 Å². The Bertz CT molecular complexity index is 899. The molecule has 0 amide bonds. The van der Waals surface area contributed by atoms with Crippen LogP contribution in [0.3, 0.4) is 0 Å². The summed E-state index contributed by atoms with van der Waals surface area (Å²) in [7, 11) is 2.13. The SMILES string of the molecule is CN1CCCC1c1c[nH]c2c(C(=O)O)cc(-c3ccccc3)cc12. The molecule has 24 heavy (non-hydrogen) atoms. The van der Waals surface area contributed by atoms with Crippen LogP contribution >= 0.6 is 0 Å². The largest absolute Gasteiger partial charge is 0.478 e. The van der Waals surface area contributed by atoms with Crippen molar-refractivity contribution in [2.75, 3.05) is 13.6 Å². The Morgan fingerprint density at radius 1 is 1.21 bits per heavy atom. The van der Waals surface area contributed by atoms with Crippen LogP contribution in [0.1, 0.15) is 34.8 Å². The third-order valence-corrected chi connectivity index (χ3v) is 5.04. The van der Waals surface area contributed by atoms with Crippen LogP contribution in [-0.4, -0.2) is 34.6 Å². The number of aromatic carboxylic acids is 1. The quantitative estimate of drug-likeness (QED) is 0.756. The Labute approximate surface area is 140 Å². The molecule has 1 aliphatic rings. The predicted octanol–water partition coefficient (Wildman–Crippen LogP) is 4.30. The standard InChI is InChI=1S/C20H20N2O2/c1-22-9-5-8-18(22)17-12-21-19-15(17)10-14(11-16(19)20(23)24)13-6-3-2-4-7-13/h2-4,6-7,10-12,18,21H,5,8-9H2,1H3,(H,23,24). The van der Waals surface area contributed by atoms with E-state index in [0.717, 1.165) is 35.0 Å². The summed E-state index contributed by atoms with van der Waals surface area (Å²) in [6, 6.07) is 14.2. The van der Waals surface area contributed by atoms with Crippen molar-refractivity contribution in [1.82, 2.24) is 9.88 Å². The normalized spacial score (nSPS) is 18.3. The van der Waals surface area contributed by atoms with Gasteiger partial charge in [-0.2, -0.15) is 0 Å². The number of nitrogens with zero attached hydrogens (tertiary/aromatic N) is 1. The second-order valence-corrected chi connectivity index (χ2v) is 6.50. The summed E-state index contributed by atoms with van der Waals surface area (Å²) in [5, 5.41) is 10.7. The Kier molecular flexibility index (Phi) is 3.62. The van der Waals surface area contributed by atoms with Crippen molar-refractivity contribution >= 4 is 16.9 Å². The number of aromatic amines is 1. The number of carbonyl (C=O) groups is 1. The number of aromatic nitrogens is 1. The molecule has 1 aliphatic heterocycles. The molecule has 2 aromatic carbocycles. The fourth-order valence-corrected chi connectivity index (χ4v) is 3.80. The average molecular weight is 320 g/mol. The van der Waals surface area contributed by atoms with Gasteiger partial charge in [0.1, 0.15) is 0 Å². The van der Waals surface area contributed by atoms with Gasteiger partial charge in [-0.1, -0.05) is 30.3 Å². The van der Waals surface area contributed by atoms with Gasteiger partial charge in [0.15, 0.2) is 0 Å². The number of hydrogen-bond acceptors (Lipinski definition) is 2. The smallest absolute Gasteiger partial charge is 0.337 e. The molecule has 0 radical (unpaired) electrons. The van der Waals surface area contributed by atoms with Gasteiger partial charge in [0.05, 0.1) is 11.1 Å². The van der Waals surface area contributed by atoms with Crippen LogP contribution in [0.2, 0.25) is 0 Å². The van der Waals surface area contributed by atoms with Crippen molar-refractivity contribution in [3.63, 3.8) is 0 Å². The Morgan fingerprint density at radius 3 is 2.67 bits per heavy atom. The maximum Gasteiger partial charge on any atom is 0.337 e. The Morgan fingerprint density at radius 2 is 2.00 bits per heavy atom. The highest BCUT2D eigenvalue weighted by atomic mass is 16.4. The zero-order chi connectivity index (χ0) is 16.7. The van der Waals surface area contributed by atoms with Crippen molar-refractivity contribution < 1.29 is 9.90 Å². The lowest BCUT2D eigenvalue weighted by molar-refractivity contribution is 0.0699. The minimum absolute atomic E-state index is 0.332. The van der Waals surface area contributed by atoms with E-state index in [1.807, 2.05) is 36.5 Å². The number of H-pyrrole nitrogens is 1. The molecule has 0 aliphatic carbocycles. The lowest BCUT2D eigenvalue weighted by Gasteiger charge is -2.19. The first-order valence-electron chi connectivity index (χ1n) is 8.29. The van der Waals surface area contributed by atoms with Gasteiger partial charge in [0.25, 0.3) is 0 Å². The monoisotopic (exact) mass is 320 g/mol. The van der Waals surface area contributed by atoms with Crippen LogP contribution in [0.15, 0.2) is 48.7 Å². The maximum absolute atomic E-state index is 11.8. The highest BCUT2D eigenvalue weighted by molar-refractivity contribution is 6.05. The molecule has 2 N–H and O–H groups in total. The van der Waals surface area contributed by atoms with Gasteiger partial charge in [-0.3, -0.25) is 4.90 Å². The summed E-state index contributed by atoms with van der Waals surface area (Å²) in [6.07, 6.45) is 4.28. The molecular formula is C20H20N2O2. The van der Waals surface area contributed by atoms with Gasteiger partial charge in [-0.15, -0.1) is 0 Å². The van der Waals surface area contributed by atoms with Gasteiger partial charge in [0, 0.05) is 17.6 Å². The fraction of sp³-hybridized carbons (Fsp3) is 0.250. The first kappa shape index (κ1) is 15.0. The third-order valence-electron chi connectivity index (χ3n) is 5.04. The van der Waals surface area contributed by atoms with E-state index >= 15 is 0 Å². The molecule has 0 spiro atoms. The van der Waals surface area contributed by atoms with E-state index in [9.17, 15) is 9.90 Å². The maximum atomic E-state index is 11.8.